The van der Waals surface area contributed by atoms with Crippen LogP contribution in [0.5, 0.6) is 0 Å². The van der Waals surface area contributed by atoms with E-state index in [1.807, 2.05) is 6.92 Å². The van der Waals surface area contributed by atoms with Crippen molar-refractivity contribution in [1.29, 1.82) is 0 Å². The molecule has 0 radical (unpaired) electrons. The van der Waals surface area contributed by atoms with Gasteiger partial charge in [0.2, 0.25) is 0 Å². The number of hydrogen-bond donors (Lipinski definition) is 0. The first-order valence-electron chi connectivity index (χ1n) is 8.46. The Hall–Kier alpha value is -2.31. The number of likely N-dealkylation sites (tertiary alicyclic amines) is 1. The van der Waals surface area contributed by atoms with Crippen LogP contribution < -0.4 is 0 Å². The molecule has 1 fully saturated rings. The van der Waals surface area contributed by atoms with E-state index in [2.05, 4.69) is 13.2 Å². The van der Waals surface area contributed by atoms with Crippen molar-refractivity contribution in [3.63, 3.8) is 0 Å². The molecule has 0 aromatic carbocycles. The molecule has 1 saturated heterocycles. The topological polar surface area (TPSA) is 82.1 Å². The second-order valence-corrected chi connectivity index (χ2v) is 6.08. The number of nitrogens with zero attached hydrogens (tertiary/aromatic N) is 1. The second kappa shape index (κ2) is 10.5. The third kappa shape index (κ3) is 6.99. The molecule has 1 aliphatic rings. The van der Waals surface area contributed by atoms with Crippen LogP contribution in [-0.4, -0.2) is 55.8 Å². The van der Waals surface area contributed by atoms with Gasteiger partial charge in [-0.1, -0.05) is 20.1 Å². The summed E-state index contributed by atoms with van der Waals surface area (Å²) in [6, 6.07) is 0. The smallest absolute Gasteiger partial charge is 0.409 e. The zero-order valence-corrected chi connectivity index (χ0v) is 14.8. The molecule has 0 spiro atoms. The van der Waals surface area contributed by atoms with E-state index in [9.17, 15) is 14.4 Å². The molecule has 25 heavy (non-hydrogen) atoms. The number of carbonyl (C=O) groups is 3. The van der Waals surface area contributed by atoms with Crippen molar-refractivity contribution in [2.45, 2.75) is 32.6 Å². The van der Waals surface area contributed by atoms with Gasteiger partial charge in [-0.05, 0) is 25.7 Å². The lowest BCUT2D eigenvalue weighted by molar-refractivity contribution is -0.150. The van der Waals surface area contributed by atoms with Gasteiger partial charge in [-0.2, -0.15) is 0 Å². The van der Waals surface area contributed by atoms with Crippen LogP contribution in [0.2, 0.25) is 0 Å². The highest BCUT2D eigenvalue weighted by Crippen LogP contribution is 2.25. The van der Waals surface area contributed by atoms with Crippen LogP contribution in [0.3, 0.4) is 0 Å². The van der Waals surface area contributed by atoms with Crippen molar-refractivity contribution >= 4 is 18.0 Å². The molecule has 0 saturated carbocycles. The molecule has 0 unspecified atom stereocenters. The van der Waals surface area contributed by atoms with Crippen LogP contribution in [0.15, 0.2) is 25.3 Å². The highest BCUT2D eigenvalue weighted by atomic mass is 16.6. The molecule has 1 aliphatic heterocycles. The maximum Gasteiger partial charge on any atom is 0.409 e. The maximum absolute atomic E-state index is 12.2. The molecule has 7 nitrogen and oxygen atoms in total. The van der Waals surface area contributed by atoms with E-state index in [4.69, 9.17) is 14.2 Å². The number of hydrogen-bond acceptors (Lipinski definition) is 6. The molecule has 7 heteroatoms. The Balaban J connectivity index is 2.70. The zero-order chi connectivity index (χ0) is 18.7. The fourth-order valence-corrected chi connectivity index (χ4v) is 2.38. The first kappa shape index (κ1) is 20.7. The number of piperidine rings is 1. The predicted molar refractivity (Wildman–Crippen MR) is 91.8 cm³/mol. The van der Waals surface area contributed by atoms with Crippen molar-refractivity contribution in [2.24, 2.45) is 5.41 Å². The average molecular weight is 353 g/mol. The summed E-state index contributed by atoms with van der Waals surface area (Å²) in [7, 11) is 0. The van der Waals surface area contributed by atoms with E-state index >= 15 is 0 Å². The summed E-state index contributed by atoms with van der Waals surface area (Å²) in [6.07, 6.45) is 5.21. The van der Waals surface area contributed by atoms with Crippen molar-refractivity contribution < 1.29 is 28.6 Å². The second-order valence-electron chi connectivity index (χ2n) is 6.08. The summed E-state index contributed by atoms with van der Waals surface area (Å²) < 4.78 is 15.6. The third-order valence-electron chi connectivity index (χ3n) is 4.24. The van der Waals surface area contributed by atoms with E-state index in [0.717, 1.165) is 31.4 Å². The van der Waals surface area contributed by atoms with Gasteiger partial charge in [-0.3, -0.25) is 0 Å². The Bertz CT molecular complexity index is 472. The third-order valence-corrected chi connectivity index (χ3v) is 4.24. The monoisotopic (exact) mass is 353 g/mol. The average Bonchev–Trinajstić information content (AvgIpc) is 2.67. The van der Waals surface area contributed by atoms with Gasteiger partial charge in [0, 0.05) is 25.2 Å². The van der Waals surface area contributed by atoms with Gasteiger partial charge in [0.25, 0.3) is 0 Å². The van der Waals surface area contributed by atoms with Crippen LogP contribution in [0.4, 0.5) is 4.79 Å². The Morgan fingerprint density at radius 3 is 1.84 bits per heavy atom. The standard InChI is InChI=1S/C18H27NO6/c1-4-15(20)23-12-18(6-3,13-24-16(21)5-2)14-25-17(22)19-10-8-7-9-11-19/h4-5H,1-2,6-14H2,3H3. The number of carbonyl (C=O) groups excluding carboxylic acids is 3. The predicted octanol–water partition coefficient (Wildman–Crippen LogP) is 2.46. The van der Waals surface area contributed by atoms with Gasteiger partial charge in [0.1, 0.15) is 19.8 Å². The Morgan fingerprint density at radius 2 is 1.40 bits per heavy atom. The van der Waals surface area contributed by atoms with Gasteiger partial charge in [-0.25, -0.2) is 14.4 Å². The first-order chi connectivity index (χ1) is 12.0. The minimum Gasteiger partial charge on any atom is -0.462 e. The van der Waals surface area contributed by atoms with Crippen molar-refractivity contribution in [3.05, 3.63) is 25.3 Å². The lowest BCUT2D eigenvalue weighted by Crippen LogP contribution is -2.42. The van der Waals surface area contributed by atoms with Gasteiger partial charge in [-0.15, -0.1) is 0 Å². The van der Waals surface area contributed by atoms with E-state index in [-0.39, 0.29) is 19.8 Å². The maximum atomic E-state index is 12.2. The van der Waals surface area contributed by atoms with Crippen LogP contribution >= 0.6 is 0 Å². The number of amides is 1. The molecule has 1 heterocycles. The molecular weight excluding hydrogens is 326 g/mol. The van der Waals surface area contributed by atoms with Crippen LogP contribution in [0, 0.1) is 5.41 Å². The summed E-state index contributed by atoms with van der Waals surface area (Å²) in [5.41, 5.74) is -0.817. The summed E-state index contributed by atoms with van der Waals surface area (Å²) in [5, 5.41) is 0. The van der Waals surface area contributed by atoms with Crippen molar-refractivity contribution in [3.8, 4) is 0 Å². The Labute approximate surface area is 148 Å². The van der Waals surface area contributed by atoms with Crippen LogP contribution in [-0.2, 0) is 23.8 Å². The molecule has 0 N–H and O–H groups in total. The molecule has 0 bridgehead atoms. The van der Waals surface area contributed by atoms with E-state index in [1.54, 1.807) is 4.90 Å². The van der Waals surface area contributed by atoms with Crippen molar-refractivity contribution in [1.82, 2.24) is 4.90 Å². The summed E-state index contributed by atoms with van der Waals surface area (Å²) >= 11 is 0. The summed E-state index contributed by atoms with van der Waals surface area (Å²) in [4.78, 5) is 36.6. The molecule has 0 aromatic rings. The minimum atomic E-state index is -0.817. The number of ether oxygens (including phenoxy) is 3. The normalized spacial score (nSPS) is 14.4. The fraction of sp³-hybridized carbons (Fsp3) is 0.611. The van der Waals surface area contributed by atoms with Crippen molar-refractivity contribution in [2.75, 3.05) is 32.9 Å². The van der Waals surface area contributed by atoms with E-state index in [1.165, 1.54) is 0 Å². The van der Waals surface area contributed by atoms with Crippen LogP contribution in [0.1, 0.15) is 32.6 Å². The van der Waals surface area contributed by atoms with Gasteiger partial charge in [0.15, 0.2) is 0 Å². The summed E-state index contributed by atoms with van der Waals surface area (Å²) in [5.74, 6) is -1.18. The Morgan fingerprint density at radius 1 is 0.920 bits per heavy atom. The molecule has 140 valence electrons. The SMILES string of the molecule is C=CC(=O)OCC(CC)(COC(=O)C=C)COC(=O)N1CCCCC1. The van der Waals surface area contributed by atoms with Gasteiger partial charge >= 0.3 is 18.0 Å². The molecule has 0 atom stereocenters. The lowest BCUT2D eigenvalue weighted by atomic mass is 9.88. The Kier molecular flexibility index (Phi) is 8.74. The molecular formula is C18H27NO6. The molecule has 0 aromatic heterocycles. The highest BCUT2D eigenvalue weighted by Gasteiger charge is 2.34. The first-order valence-corrected chi connectivity index (χ1v) is 8.46. The summed E-state index contributed by atoms with van der Waals surface area (Å²) in [6.45, 7) is 9.77. The molecule has 1 rings (SSSR count). The quantitative estimate of drug-likeness (QED) is 0.360. The van der Waals surface area contributed by atoms with E-state index in [0.29, 0.717) is 19.5 Å². The number of esters is 2. The molecule has 1 amide bonds. The zero-order valence-electron chi connectivity index (χ0n) is 14.8. The highest BCUT2D eigenvalue weighted by molar-refractivity contribution is 5.81. The minimum absolute atomic E-state index is 0.0202. The van der Waals surface area contributed by atoms with Crippen LogP contribution in [0.25, 0.3) is 0 Å². The largest absolute Gasteiger partial charge is 0.462 e. The fourth-order valence-electron chi connectivity index (χ4n) is 2.38. The number of rotatable bonds is 9. The lowest BCUT2D eigenvalue weighted by Gasteiger charge is -2.32. The molecule has 0 aliphatic carbocycles. The van der Waals surface area contributed by atoms with Gasteiger partial charge < -0.3 is 19.1 Å². The van der Waals surface area contributed by atoms with E-state index < -0.39 is 23.4 Å². The van der Waals surface area contributed by atoms with Gasteiger partial charge in [0.05, 0.1) is 5.41 Å².